The van der Waals surface area contributed by atoms with E-state index in [2.05, 4.69) is 6.92 Å². The summed E-state index contributed by atoms with van der Waals surface area (Å²) >= 11 is 0. The van der Waals surface area contributed by atoms with Gasteiger partial charge < -0.3 is 14.5 Å². The maximum absolute atomic E-state index is 12.8. The number of hydrogen-bond acceptors (Lipinski definition) is 6. The van der Waals surface area contributed by atoms with Gasteiger partial charge in [-0.25, -0.2) is 4.57 Å². The van der Waals surface area contributed by atoms with Gasteiger partial charge in [0, 0.05) is 19.4 Å². The summed E-state index contributed by atoms with van der Waals surface area (Å²) in [7, 11) is -0.481. The molecule has 0 spiro atoms. The van der Waals surface area contributed by atoms with Crippen molar-refractivity contribution in [3.63, 3.8) is 0 Å². The lowest BCUT2D eigenvalue weighted by molar-refractivity contribution is -0.120. The number of carbonyl (C=O) groups excluding carboxylic acids is 1. The largest absolute Gasteiger partial charge is 0.493 e. The summed E-state index contributed by atoms with van der Waals surface area (Å²) in [6.07, 6.45) is 23.7. The third-order valence-corrected chi connectivity index (χ3v) is 9.60. The standard InChI is InChI=1S/C38H70NO6P/c1-6-9-10-11-12-13-14-15-16-17-18-19-20-21-22-25-29-43-38-28-24-23-27-35(38)30-34(31-36(40)26-7-2)33-44-46(41,42)45-37(8-3)32-39(4)5/h23-24,27-28,34,37H,6-22,25-26,29-33H2,1-5H3,(H,41,42). The van der Waals surface area contributed by atoms with E-state index in [1.807, 2.05) is 57.1 Å². The molecule has 0 saturated carbocycles. The summed E-state index contributed by atoms with van der Waals surface area (Å²) in [5, 5.41) is 0. The van der Waals surface area contributed by atoms with Crippen molar-refractivity contribution >= 4 is 13.6 Å². The minimum absolute atomic E-state index is 0.0326. The van der Waals surface area contributed by atoms with Gasteiger partial charge in [0.05, 0.1) is 19.3 Å². The van der Waals surface area contributed by atoms with Crippen molar-refractivity contribution in [3.05, 3.63) is 29.8 Å². The topological polar surface area (TPSA) is 85.3 Å². The fourth-order valence-electron chi connectivity index (χ4n) is 5.91. The molecule has 7 nitrogen and oxygen atoms in total. The van der Waals surface area contributed by atoms with Crippen LogP contribution in [0, 0.1) is 5.92 Å². The van der Waals surface area contributed by atoms with Crippen LogP contribution >= 0.6 is 7.82 Å². The van der Waals surface area contributed by atoms with Crippen LogP contribution in [-0.4, -0.2) is 55.5 Å². The van der Waals surface area contributed by atoms with Crippen LogP contribution in [0.3, 0.4) is 0 Å². The number of para-hydroxylation sites is 1. The number of hydrogen-bond donors (Lipinski definition) is 1. The summed E-state index contributed by atoms with van der Waals surface area (Å²) in [6.45, 7) is 7.33. The van der Waals surface area contributed by atoms with Gasteiger partial charge in [-0.1, -0.05) is 135 Å². The molecule has 0 fully saturated rings. The van der Waals surface area contributed by atoms with Crippen molar-refractivity contribution in [2.45, 2.75) is 162 Å². The van der Waals surface area contributed by atoms with Crippen LogP contribution in [0.2, 0.25) is 0 Å². The molecule has 0 heterocycles. The lowest BCUT2D eigenvalue weighted by atomic mass is 9.93. The number of carbonyl (C=O) groups is 1. The number of unbranched alkanes of at least 4 members (excludes halogenated alkanes) is 15. The van der Waals surface area contributed by atoms with Gasteiger partial charge in [0.25, 0.3) is 0 Å². The Morgan fingerprint density at radius 3 is 1.87 bits per heavy atom. The highest BCUT2D eigenvalue weighted by Gasteiger charge is 2.28. The minimum Gasteiger partial charge on any atom is -0.493 e. The van der Waals surface area contributed by atoms with E-state index in [0.29, 0.717) is 32.4 Å². The van der Waals surface area contributed by atoms with Gasteiger partial charge in [0.15, 0.2) is 0 Å². The predicted molar refractivity (Wildman–Crippen MR) is 193 cm³/mol. The second kappa shape index (κ2) is 27.7. The normalized spacial score (nSPS) is 14.3. The van der Waals surface area contributed by atoms with Crippen molar-refractivity contribution in [2.24, 2.45) is 5.92 Å². The third-order valence-electron chi connectivity index (χ3n) is 8.56. The minimum atomic E-state index is -4.27. The molecule has 0 aliphatic rings. The first kappa shape index (κ1) is 42.8. The monoisotopic (exact) mass is 667 g/mol. The maximum Gasteiger partial charge on any atom is 0.472 e. The number of ether oxygens (including phenoxy) is 1. The van der Waals surface area contributed by atoms with Gasteiger partial charge in [-0.15, -0.1) is 0 Å². The lowest BCUT2D eigenvalue weighted by Crippen LogP contribution is -2.27. The number of benzene rings is 1. The summed E-state index contributed by atoms with van der Waals surface area (Å²) in [5.74, 6) is 0.699. The smallest absolute Gasteiger partial charge is 0.472 e. The van der Waals surface area contributed by atoms with E-state index in [1.54, 1.807) is 0 Å². The van der Waals surface area contributed by atoms with E-state index in [-0.39, 0.29) is 24.7 Å². The molecule has 0 saturated heterocycles. The maximum atomic E-state index is 12.8. The molecule has 268 valence electrons. The molecule has 1 aromatic rings. The van der Waals surface area contributed by atoms with Crippen molar-refractivity contribution in [2.75, 3.05) is 33.9 Å². The Labute approximate surface area is 283 Å². The van der Waals surface area contributed by atoms with Crippen molar-refractivity contribution in [1.29, 1.82) is 0 Å². The van der Waals surface area contributed by atoms with Crippen LogP contribution < -0.4 is 4.74 Å². The second-order valence-electron chi connectivity index (χ2n) is 13.5. The highest BCUT2D eigenvalue weighted by molar-refractivity contribution is 7.47. The van der Waals surface area contributed by atoms with Crippen molar-refractivity contribution in [1.82, 2.24) is 4.90 Å². The quantitative estimate of drug-likeness (QED) is 0.0604. The van der Waals surface area contributed by atoms with E-state index in [0.717, 1.165) is 24.2 Å². The first-order chi connectivity index (χ1) is 22.2. The summed E-state index contributed by atoms with van der Waals surface area (Å²) in [4.78, 5) is 24.9. The SMILES string of the molecule is CCCCCCCCCCCCCCCCCCOc1ccccc1CC(COP(=O)(O)OC(CC)CN(C)C)CC(=O)CCC. The number of likely N-dealkylation sites (N-methyl/N-ethyl adjacent to an activating group) is 1. The number of rotatable bonds is 32. The van der Waals surface area contributed by atoms with Crippen LogP contribution in [-0.2, 0) is 24.8 Å². The number of ketones is 1. The van der Waals surface area contributed by atoms with Gasteiger partial charge in [-0.2, -0.15) is 0 Å². The highest BCUT2D eigenvalue weighted by Crippen LogP contribution is 2.46. The third kappa shape index (κ3) is 23.1. The van der Waals surface area contributed by atoms with Crippen LogP contribution in [0.25, 0.3) is 0 Å². The van der Waals surface area contributed by atoms with Gasteiger partial charge >= 0.3 is 7.82 Å². The Bertz CT molecular complexity index is 926. The zero-order valence-electron chi connectivity index (χ0n) is 30.3. The molecule has 0 aliphatic carbocycles. The Balaban J connectivity index is 2.41. The first-order valence-electron chi connectivity index (χ1n) is 18.7. The number of phosphoric acid groups is 1. The van der Waals surface area contributed by atoms with Crippen LogP contribution in [0.4, 0.5) is 0 Å². The summed E-state index contributed by atoms with van der Waals surface area (Å²) < 4.78 is 29.9. The summed E-state index contributed by atoms with van der Waals surface area (Å²) in [5.41, 5.74) is 0.990. The van der Waals surface area contributed by atoms with Gasteiger partial charge in [0.2, 0.25) is 0 Å². The first-order valence-corrected chi connectivity index (χ1v) is 20.2. The van der Waals surface area contributed by atoms with E-state index in [9.17, 15) is 14.3 Å². The summed E-state index contributed by atoms with van der Waals surface area (Å²) in [6, 6.07) is 7.92. The molecule has 0 aromatic heterocycles. The molecule has 3 atom stereocenters. The van der Waals surface area contributed by atoms with E-state index in [1.165, 1.54) is 96.3 Å². The van der Waals surface area contributed by atoms with Crippen LogP contribution in [0.1, 0.15) is 155 Å². The molecule has 0 radical (unpaired) electrons. The molecule has 46 heavy (non-hydrogen) atoms. The molecule has 1 aromatic carbocycles. The molecular formula is C38H70NO6P. The molecule has 8 heteroatoms. The van der Waals surface area contributed by atoms with E-state index < -0.39 is 13.9 Å². The fourth-order valence-corrected chi connectivity index (χ4v) is 6.96. The average Bonchev–Trinajstić information content (AvgIpc) is 3.01. The molecule has 1 rings (SSSR count). The number of Topliss-reactive ketones (excluding diaryl/α,β-unsaturated/α-hetero) is 1. The molecule has 0 amide bonds. The Morgan fingerprint density at radius 2 is 1.35 bits per heavy atom. The Kier molecular flexibility index (Phi) is 25.7. The van der Waals surface area contributed by atoms with Gasteiger partial charge in [-0.3, -0.25) is 13.8 Å². The molecule has 1 N–H and O–H groups in total. The molecule has 0 bridgehead atoms. The van der Waals surface area contributed by atoms with Crippen molar-refractivity contribution < 1.29 is 28.0 Å². The highest BCUT2D eigenvalue weighted by atomic mass is 31.2. The van der Waals surface area contributed by atoms with Gasteiger partial charge in [-0.05, 0) is 57.3 Å². The van der Waals surface area contributed by atoms with Gasteiger partial charge in [0.1, 0.15) is 11.5 Å². The zero-order valence-corrected chi connectivity index (χ0v) is 31.2. The van der Waals surface area contributed by atoms with E-state index in [4.69, 9.17) is 13.8 Å². The average molecular weight is 668 g/mol. The molecule has 0 aliphatic heterocycles. The predicted octanol–water partition coefficient (Wildman–Crippen LogP) is 10.7. The number of nitrogens with zero attached hydrogens (tertiary/aromatic N) is 1. The number of phosphoric ester groups is 1. The molecule has 3 unspecified atom stereocenters. The van der Waals surface area contributed by atoms with Crippen LogP contribution in [0.15, 0.2) is 24.3 Å². The lowest BCUT2D eigenvalue weighted by Gasteiger charge is -2.24. The fraction of sp³-hybridized carbons (Fsp3) is 0.816. The van der Waals surface area contributed by atoms with E-state index >= 15 is 0 Å². The molecular weight excluding hydrogens is 597 g/mol. The van der Waals surface area contributed by atoms with Crippen molar-refractivity contribution in [3.8, 4) is 5.75 Å². The second-order valence-corrected chi connectivity index (χ2v) is 14.9. The zero-order chi connectivity index (χ0) is 33.9. The Morgan fingerprint density at radius 1 is 0.804 bits per heavy atom. The van der Waals surface area contributed by atoms with Crippen LogP contribution in [0.5, 0.6) is 5.75 Å². The Hall–Kier alpha value is -1.24.